The molecule has 2 heterocycles. The second-order valence-electron chi connectivity index (χ2n) is 4.50. The maximum atomic E-state index is 8.86. The van der Waals surface area contributed by atoms with Gasteiger partial charge >= 0.3 is 0 Å². The van der Waals surface area contributed by atoms with Crippen molar-refractivity contribution in [1.82, 2.24) is 4.98 Å². The Kier molecular flexibility index (Phi) is 3.17. The second-order valence-corrected chi connectivity index (χ2v) is 4.50. The van der Waals surface area contributed by atoms with E-state index in [1.54, 1.807) is 6.20 Å². The van der Waals surface area contributed by atoms with Crippen molar-refractivity contribution in [1.29, 1.82) is 0 Å². The molecule has 1 aromatic rings. The SMILES string of the molecule is Cc1ccnc(N2CCCC2C)c1/C(N)=N/O. The van der Waals surface area contributed by atoms with Crippen molar-refractivity contribution in [3.05, 3.63) is 23.4 Å². The van der Waals surface area contributed by atoms with Crippen LogP contribution in [0.15, 0.2) is 17.4 Å². The smallest absolute Gasteiger partial charge is 0.174 e. The second kappa shape index (κ2) is 4.61. The molecule has 17 heavy (non-hydrogen) atoms. The standard InChI is InChI=1S/C12H18N4O/c1-8-5-6-14-12(10(8)11(13)15-17)16-7-3-4-9(16)2/h5-6,9,17H,3-4,7H2,1-2H3,(H2,13,15). The van der Waals surface area contributed by atoms with Crippen molar-refractivity contribution >= 4 is 11.7 Å². The number of pyridine rings is 1. The molecule has 1 aromatic heterocycles. The lowest BCUT2D eigenvalue weighted by Crippen LogP contribution is -2.30. The number of aromatic nitrogens is 1. The fourth-order valence-electron chi connectivity index (χ4n) is 2.38. The van der Waals surface area contributed by atoms with Crippen molar-refractivity contribution in [3.8, 4) is 0 Å². The quantitative estimate of drug-likeness (QED) is 0.352. The molecule has 5 heteroatoms. The summed E-state index contributed by atoms with van der Waals surface area (Å²) in [4.78, 5) is 6.62. The minimum atomic E-state index is 0.129. The van der Waals surface area contributed by atoms with Gasteiger partial charge in [-0.2, -0.15) is 0 Å². The molecule has 0 spiro atoms. The zero-order valence-electron chi connectivity index (χ0n) is 10.2. The van der Waals surface area contributed by atoms with E-state index in [1.165, 1.54) is 0 Å². The Bertz CT molecular complexity index is 444. The van der Waals surface area contributed by atoms with Gasteiger partial charge in [-0.05, 0) is 38.3 Å². The third-order valence-corrected chi connectivity index (χ3v) is 3.33. The first-order chi connectivity index (χ1) is 8.15. The van der Waals surface area contributed by atoms with E-state index in [2.05, 4.69) is 22.0 Å². The third kappa shape index (κ3) is 2.05. The molecule has 0 amide bonds. The zero-order valence-corrected chi connectivity index (χ0v) is 10.2. The van der Waals surface area contributed by atoms with Crippen molar-refractivity contribution in [3.63, 3.8) is 0 Å². The highest BCUT2D eigenvalue weighted by atomic mass is 16.4. The Morgan fingerprint density at radius 2 is 2.41 bits per heavy atom. The maximum absolute atomic E-state index is 8.86. The van der Waals surface area contributed by atoms with Crippen LogP contribution in [0, 0.1) is 6.92 Å². The predicted octanol–water partition coefficient (Wildman–Crippen LogP) is 1.47. The highest BCUT2D eigenvalue weighted by Gasteiger charge is 2.25. The summed E-state index contributed by atoms with van der Waals surface area (Å²) in [5.41, 5.74) is 7.46. The van der Waals surface area contributed by atoms with Crippen molar-refractivity contribution in [2.45, 2.75) is 32.7 Å². The topological polar surface area (TPSA) is 74.7 Å². The zero-order chi connectivity index (χ0) is 12.4. The molecule has 0 aliphatic carbocycles. The van der Waals surface area contributed by atoms with Crippen LogP contribution in [-0.4, -0.2) is 28.6 Å². The van der Waals surface area contributed by atoms with Gasteiger partial charge in [0.05, 0.1) is 5.56 Å². The first-order valence-corrected chi connectivity index (χ1v) is 5.85. The predicted molar refractivity (Wildman–Crippen MR) is 67.5 cm³/mol. The van der Waals surface area contributed by atoms with Gasteiger partial charge in [-0.15, -0.1) is 0 Å². The van der Waals surface area contributed by atoms with E-state index in [0.717, 1.165) is 36.3 Å². The summed E-state index contributed by atoms with van der Waals surface area (Å²) in [6, 6.07) is 2.33. The lowest BCUT2D eigenvalue weighted by molar-refractivity contribution is 0.318. The van der Waals surface area contributed by atoms with Crippen molar-refractivity contribution in [2.24, 2.45) is 10.9 Å². The summed E-state index contributed by atoms with van der Waals surface area (Å²) in [5.74, 6) is 0.954. The summed E-state index contributed by atoms with van der Waals surface area (Å²) < 4.78 is 0. The minimum Gasteiger partial charge on any atom is -0.409 e. The number of nitrogens with zero attached hydrogens (tertiary/aromatic N) is 3. The molecular formula is C12H18N4O. The van der Waals surface area contributed by atoms with Gasteiger partial charge in [-0.3, -0.25) is 0 Å². The van der Waals surface area contributed by atoms with Crippen LogP contribution in [0.1, 0.15) is 30.9 Å². The molecule has 0 radical (unpaired) electrons. The molecule has 1 unspecified atom stereocenters. The number of nitrogens with two attached hydrogens (primary N) is 1. The van der Waals surface area contributed by atoms with E-state index in [0.29, 0.717) is 6.04 Å². The number of hydrogen-bond donors (Lipinski definition) is 2. The Hall–Kier alpha value is -1.78. The molecule has 1 aliphatic heterocycles. The van der Waals surface area contributed by atoms with Crippen molar-refractivity contribution in [2.75, 3.05) is 11.4 Å². The Balaban J connectivity index is 2.50. The molecule has 1 saturated heterocycles. The van der Waals surface area contributed by atoms with Gasteiger partial charge in [-0.1, -0.05) is 5.16 Å². The molecule has 1 atom stereocenters. The Morgan fingerprint density at radius 3 is 3.00 bits per heavy atom. The van der Waals surface area contributed by atoms with Crippen LogP contribution in [0.25, 0.3) is 0 Å². The number of aryl methyl sites for hydroxylation is 1. The average Bonchev–Trinajstić information content (AvgIpc) is 2.74. The Morgan fingerprint density at radius 1 is 1.65 bits per heavy atom. The first kappa shape index (κ1) is 11.7. The fraction of sp³-hybridized carbons (Fsp3) is 0.500. The molecule has 3 N–H and O–H groups in total. The van der Waals surface area contributed by atoms with Crippen molar-refractivity contribution < 1.29 is 5.21 Å². The largest absolute Gasteiger partial charge is 0.409 e. The van der Waals surface area contributed by atoms with Gasteiger partial charge in [0, 0.05) is 18.8 Å². The number of anilines is 1. The molecular weight excluding hydrogens is 216 g/mol. The van der Waals surface area contributed by atoms with Crippen LogP contribution in [0.2, 0.25) is 0 Å². The summed E-state index contributed by atoms with van der Waals surface area (Å²) in [7, 11) is 0. The van der Waals surface area contributed by atoms with Crippen LogP contribution in [0.5, 0.6) is 0 Å². The van der Waals surface area contributed by atoms with Gasteiger partial charge in [-0.25, -0.2) is 4.98 Å². The number of oxime groups is 1. The average molecular weight is 234 g/mol. The highest BCUT2D eigenvalue weighted by Crippen LogP contribution is 2.27. The summed E-state index contributed by atoms with van der Waals surface area (Å²) in [5, 5.41) is 12.0. The maximum Gasteiger partial charge on any atom is 0.174 e. The summed E-state index contributed by atoms with van der Waals surface area (Å²) in [6.45, 7) is 5.09. The third-order valence-electron chi connectivity index (χ3n) is 3.33. The summed E-state index contributed by atoms with van der Waals surface area (Å²) >= 11 is 0. The summed E-state index contributed by atoms with van der Waals surface area (Å²) in [6.07, 6.45) is 4.08. The van der Waals surface area contributed by atoms with Gasteiger partial charge < -0.3 is 15.8 Å². The van der Waals surface area contributed by atoms with E-state index in [1.807, 2.05) is 13.0 Å². The normalized spacial score (nSPS) is 20.9. The monoisotopic (exact) mass is 234 g/mol. The Labute approximate surface area is 101 Å². The molecule has 5 nitrogen and oxygen atoms in total. The number of amidine groups is 1. The van der Waals surface area contributed by atoms with Gasteiger partial charge in [0.2, 0.25) is 0 Å². The highest BCUT2D eigenvalue weighted by molar-refractivity contribution is 6.02. The van der Waals surface area contributed by atoms with Crippen LogP contribution in [-0.2, 0) is 0 Å². The molecule has 0 aromatic carbocycles. The van der Waals surface area contributed by atoms with E-state index in [-0.39, 0.29) is 5.84 Å². The number of hydrogen-bond acceptors (Lipinski definition) is 4. The van der Waals surface area contributed by atoms with Gasteiger partial charge in [0.1, 0.15) is 5.82 Å². The lowest BCUT2D eigenvalue weighted by Gasteiger charge is -2.25. The van der Waals surface area contributed by atoms with Crippen LogP contribution >= 0.6 is 0 Å². The van der Waals surface area contributed by atoms with E-state index in [9.17, 15) is 0 Å². The number of rotatable bonds is 2. The molecule has 0 bridgehead atoms. The first-order valence-electron chi connectivity index (χ1n) is 5.85. The molecule has 0 saturated carbocycles. The van der Waals surface area contributed by atoms with Crippen LogP contribution in [0.3, 0.4) is 0 Å². The van der Waals surface area contributed by atoms with Gasteiger partial charge in [0.15, 0.2) is 5.84 Å². The minimum absolute atomic E-state index is 0.129. The van der Waals surface area contributed by atoms with E-state index < -0.39 is 0 Å². The molecule has 1 aliphatic rings. The van der Waals surface area contributed by atoms with E-state index >= 15 is 0 Å². The van der Waals surface area contributed by atoms with Crippen LogP contribution in [0.4, 0.5) is 5.82 Å². The lowest BCUT2D eigenvalue weighted by atomic mass is 10.1. The van der Waals surface area contributed by atoms with Crippen LogP contribution < -0.4 is 10.6 Å². The molecule has 2 rings (SSSR count). The van der Waals surface area contributed by atoms with Gasteiger partial charge in [0.25, 0.3) is 0 Å². The molecule has 92 valence electrons. The fourth-order valence-corrected chi connectivity index (χ4v) is 2.38. The molecule has 1 fully saturated rings. The van der Waals surface area contributed by atoms with E-state index in [4.69, 9.17) is 10.9 Å².